The van der Waals surface area contributed by atoms with Crippen molar-refractivity contribution in [3.63, 3.8) is 0 Å². The van der Waals surface area contributed by atoms with E-state index in [0.29, 0.717) is 17.1 Å². The van der Waals surface area contributed by atoms with Crippen molar-refractivity contribution in [2.75, 3.05) is 24.5 Å². The normalized spacial score (nSPS) is 16.7. The van der Waals surface area contributed by atoms with Crippen LogP contribution in [0.2, 0.25) is 0 Å². The van der Waals surface area contributed by atoms with Crippen molar-refractivity contribution < 1.29 is 22.7 Å². The zero-order chi connectivity index (χ0) is 21.7. The number of pyridine rings is 1. The Hall–Kier alpha value is -2.98. The molecule has 0 saturated carbocycles. The summed E-state index contributed by atoms with van der Waals surface area (Å²) < 4.78 is 41.1. The lowest BCUT2D eigenvalue weighted by Crippen LogP contribution is -2.50. The molecular weight excluding hydrogens is 411 g/mol. The van der Waals surface area contributed by atoms with Crippen LogP contribution in [0.1, 0.15) is 13.3 Å². The first-order valence-corrected chi connectivity index (χ1v) is 10.9. The average molecular weight is 434 g/mol. The van der Waals surface area contributed by atoms with E-state index in [4.69, 9.17) is 9.90 Å². The highest BCUT2D eigenvalue weighted by atomic mass is 32.2. The van der Waals surface area contributed by atoms with Gasteiger partial charge in [0.25, 0.3) is 16.5 Å². The number of carbonyl (C=O) groups is 1. The highest BCUT2D eigenvalue weighted by Gasteiger charge is 2.26. The van der Waals surface area contributed by atoms with Crippen LogP contribution in [0.15, 0.2) is 53.7 Å². The van der Waals surface area contributed by atoms with E-state index in [1.165, 1.54) is 22.2 Å². The Morgan fingerprint density at radius 3 is 2.80 bits per heavy atom. The Morgan fingerprint density at radius 2 is 2.10 bits per heavy atom. The second kappa shape index (κ2) is 9.23. The monoisotopic (exact) mass is 434 g/mol. The number of nitrogens with one attached hydrogen (secondary N) is 1. The molecule has 1 atom stereocenters. The fraction of sp³-hybridized carbons (Fsp3) is 0.300. The molecule has 0 unspecified atom stereocenters. The van der Waals surface area contributed by atoms with Crippen molar-refractivity contribution in [2.24, 2.45) is 0 Å². The molecule has 8 nitrogen and oxygen atoms in total. The van der Waals surface area contributed by atoms with Crippen molar-refractivity contribution in [3.05, 3.63) is 54.6 Å². The summed E-state index contributed by atoms with van der Waals surface area (Å²) >= 11 is 0. The maximum atomic E-state index is 13.6. The highest BCUT2D eigenvalue weighted by Crippen LogP contribution is 2.31. The van der Waals surface area contributed by atoms with Crippen LogP contribution in [-0.4, -0.2) is 54.6 Å². The van der Waals surface area contributed by atoms with Gasteiger partial charge in [-0.2, -0.15) is 0 Å². The number of hydrogen-bond acceptors (Lipinski definition) is 6. The smallest absolute Gasteiger partial charge is 0.290 e. The molecule has 1 saturated heterocycles. The number of fused-ring (bicyclic) bond motifs is 1. The minimum Gasteiger partial charge on any atom is -0.483 e. The Labute approximate surface area is 174 Å². The van der Waals surface area contributed by atoms with Gasteiger partial charge in [0.15, 0.2) is 0 Å². The SMILES string of the molecule is CC[C@H]1CN(c2cn(S(=O)(=O)c3cccc(F)c3)c3cccnc23)CCN1.O=CO. The Balaban J connectivity index is 0.000000806. The fourth-order valence-corrected chi connectivity index (χ4v) is 4.89. The molecule has 3 heterocycles. The summed E-state index contributed by atoms with van der Waals surface area (Å²) in [4.78, 5) is 14.9. The van der Waals surface area contributed by atoms with Crippen molar-refractivity contribution in [1.82, 2.24) is 14.3 Å². The van der Waals surface area contributed by atoms with Gasteiger partial charge in [-0.15, -0.1) is 0 Å². The summed E-state index contributed by atoms with van der Waals surface area (Å²) in [5.74, 6) is -0.584. The minimum absolute atomic E-state index is 0.0819. The molecule has 0 spiro atoms. The molecular formula is C20H23FN4O4S. The van der Waals surface area contributed by atoms with E-state index in [0.717, 1.165) is 37.8 Å². The van der Waals surface area contributed by atoms with Crippen LogP contribution < -0.4 is 10.2 Å². The second-order valence-corrected chi connectivity index (χ2v) is 8.57. The van der Waals surface area contributed by atoms with E-state index in [1.807, 2.05) is 0 Å². The van der Waals surface area contributed by atoms with E-state index in [2.05, 4.69) is 22.1 Å². The number of anilines is 1. The molecule has 3 aromatic rings. The van der Waals surface area contributed by atoms with E-state index in [-0.39, 0.29) is 11.4 Å². The van der Waals surface area contributed by atoms with E-state index in [1.54, 1.807) is 24.5 Å². The van der Waals surface area contributed by atoms with Gasteiger partial charge in [-0.3, -0.25) is 9.78 Å². The van der Waals surface area contributed by atoms with Crippen LogP contribution >= 0.6 is 0 Å². The van der Waals surface area contributed by atoms with Gasteiger partial charge >= 0.3 is 0 Å². The number of carboxylic acid groups (broad SMARTS) is 1. The van der Waals surface area contributed by atoms with Crippen LogP contribution in [0.25, 0.3) is 11.0 Å². The molecule has 160 valence electrons. The molecule has 10 heteroatoms. The highest BCUT2D eigenvalue weighted by molar-refractivity contribution is 7.90. The van der Waals surface area contributed by atoms with Crippen molar-refractivity contribution in [1.29, 1.82) is 0 Å². The first kappa shape index (κ1) is 21.7. The molecule has 0 radical (unpaired) electrons. The third-order valence-electron chi connectivity index (χ3n) is 4.95. The summed E-state index contributed by atoms with van der Waals surface area (Å²) in [5.41, 5.74) is 1.91. The third-order valence-corrected chi connectivity index (χ3v) is 6.62. The molecule has 0 amide bonds. The molecule has 30 heavy (non-hydrogen) atoms. The van der Waals surface area contributed by atoms with Crippen LogP contribution in [0, 0.1) is 5.82 Å². The quantitative estimate of drug-likeness (QED) is 0.607. The van der Waals surface area contributed by atoms with Crippen LogP contribution in [-0.2, 0) is 14.8 Å². The predicted molar refractivity (Wildman–Crippen MR) is 112 cm³/mol. The predicted octanol–water partition coefficient (Wildman–Crippen LogP) is 2.30. The Bertz CT molecular complexity index is 1130. The zero-order valence-corrected chi connectivity index (χ0v) is 17.2. The number of nitrogens with zero attached hydrogens (tertiary/aromatic N) is 3. The molecule has 1 aliphatic rings. The third kappa shape index (κ3) is 4.29. The van der Waals surface area contributed by atoms with Crippen LogP contribution in [0.4, 0.5) is 10.1 Å². The minimum atomic E-state index is -3.93. The van der Waals surface area contributed by atoms with Gasteiger partial charge in [0, 0.05) is 38.1 Å². The summed E-state index contributed by atoms with van der Waals surface area (Å²) in [5, 5.41) is 10.3. The number of aromatic nitrogens is 2. The lowest BCUT2D eigenvalue weighted by Gasteiger charge is -2.34. The first-order chi connectivity index (χ1) is 14.4. The lowest BCUT2D eigenvalue weighted by molar-refractivity contribution is -0.122. The maximum absolute atomic E-state index is 13.6. The van der Waals surface area contributed by atoms with Gasteiger partial charge in [0.05, 0.1) is 16.1 Å². The van der Waals surface area contributed by atoms with Gasteiger partial charge in [0.1, 0.15) is 11.3 Å². The second-order valence-electron chi connectivity index (χ2n) is 6.75. The van der Waals surface area contributed by atoms with Crippen molar-refractivity contribution in [2.45, 2.75) is 24.3 Å². The molecule has 2 N–H and O–H groups in total. The van der Waals surface area contributed by atoms with Gasteiger partial charge in [-0.1, -0.05) is 13.0 Å². The van der Waals surface area contributed by atoms with Crippen LogP contribution in [0.5, 0.6) is 0 Å². The van der Waals surface area contributed by atoms with Crippen LogP contribution in [0.3, 0.4) is 0 Å². The average Bonchev–Trinajstić information content (AvgIpc) is 3.15. The number of benzene rings is 1. The van der Waals surface area contributed by atoms with Crippen molar-refractivity contribution in [3.8, 4) is 0 Å². The van der Waals surface area contributed by atoms with Gasteiger partial charge in [-0.25, -0.2) is 16.8 Å². The first-order valence-electron chi connectivity index (χ1n) is 9.45. The number of hydrogen-bond donors (Lipinski definition) is 2. The summed E-state index contributed by atoms with van der Waals surface area (Å²) in [6.45, 7) is 4.25. The number of halogens is 1. The maximum Gasteiger partial charge on any atom is 0.290 e. The van der Waals surface area contributed by atoms with E-state index < -0.39 is 15.8 Å². The Kier molecular flexibility index (Phi) is 6.68. The molecule has 4 rings (SSSR count). The molecule has 1 aliphatic heterocycles. The Morgan fingerprint density at radius 1 is 1.33 bits per heavy atom. The zero-order valence-electron chi connectivity index (χ0n) is 16.4. The summed E-state index contributed by atoms with van der Waals surface area (Å²) in [7, 11) is -3.93. The topological polar surface area (TPSA) is 105 Å². The van der Waals surface area contributed by atoms with Gasteiger partial charge in [0.2, 0.25) is 0 Å². The van der Waals surface area contributed by atoms with Gasteiger partial charge in [-0.05, 0) is 36.8 Å². The largest absolute Gasteiger partial charge is 0.483 e. The van der Waals surface area contributed by atoms with E-state index in [9.17, 15) is 12.8 Å². The molecule has 1 fully saturated rings. The lowest BCUT2D eigenvalue weighted by atomic mass is 10.1. The molecule has 0 bridgehead atoms. The standard InChI is InChI=1S/C19H21FN4O2S.CH2O2/c1-2-15-12-23(10-9-21-15)18-13-24(17-7-4-8-22-19(17)18)27(25,26)16-6-3-5-14(20)11-16;2-1-3/h3-8,11,13,15,21H,2,9-10,12H2,1H3;1H,(H,2,3)/t15-;/m0./s1. The summed E-state index contributed by atoms with van der Waals surface area (Å²) in [6, 6.07) is 8.84. The number of rotatable bonds is 4. The fourth-order valence-electron chi connectivity index (χ4n) is 3.50. The molecule has 0 aliphatic carbocycles. The number of piperazine rings is 1. The molecule has 1 aromatic carbocycles. The van der Waals surface area contributed by atoms with E-state index >= 15 is 0 Å². The van der Waals surface area contributed by atoms with Gasteiger partial charge < -0.3 is 15.3 Å². The summed E-state index contributed by atoms with van der Waals surface area (Å²) in [6.07, 6.45) is 4.25. The van der Waals surface area contributed by atoms with Crippen molar-refractivity contribution >= 4 is 33.2 Å². The molecule has 2 aromatic heterocycles.